The average molecular weight is 208 g/mol. The molecule has 0 aromatic carbocycles. The summed E-state index contributed by atoms with van der Waals surface area (Å²) < 4.78 is 0. The molecule has 14 heavy (non-hydrogen) atoms. The van der Waals surface area contributed by atoms with Crippen molar-refractivity contribution in [3.8, 4) is 0 Å². The monoisotopic (exact) mass is 208 g/mol. The molecule has 1 aliphatic heterocycles. The van der Waals surface area contributed by atoms with Gasteiger partial charge in [0, 0.05) is 10.8 Å². The Labute approximate surface area is 88.7 Å². The molecule has 1 aromatic rings. The molecular formula is C11H16N2S. The molecule has 1 saturated heterocycles. The summed E-state index contributed by atoms with van der Waals surface area (Å²) in [5.41, 5.74) is 1.42. The van der Waals surface area contributed by atoms with Gasteiger partial charge >= 0.3 is 0 Å². The van der Waals surface area contributed by atoms with E-state index in [2.05, 4.69) is 5.32 Å². The SMILES string of the molecule is C1Cc2nc(C3CCNCC3)sc2C1. The zero-order valence-corrected chi connectivity index (χ0v) is 9.20. The summed E-state index contributed by atoms with van der Waals surface area (Å²) in [4.78, 5) is 6.39. The zero-order valence-electron chi connectivity index (χ0n) is 8.38. The topological polar surface area (TPSA) is 24.9 Å². The second-order valence-corrected chi connectivity index (χ2v) is 5.42. The highest BCUT2D eigenvalue weighted by Gasteiger charge is 2.22. The molecule has 0 spiro atoms. The van der Waals surface area contributed by atoms with E-state index < -0.39 is 0 Å². The predicted octanol–water partition coefficient (Wildman–Crippen LogP) is 2.10. The van der Waals surface area contributed by atoms with Crippen molar-refractivity contribution in [3.05, 3.63) is 15.6 Å². The lowest BCUT2D eigenvalue weighted by Crippen LogP contribution is -2.26. The van der Waals surface area contributed by atoms with Gasteiger partial charge in [0.15, 0.2) is 0 Å². The van der Waals surface area contributed by atoms with E-state index in [1.165, 1.54) is 55.9 Å². The van der Waals surface area contributed by atoms with Crippen molar-refractivity contribution in [2.75, 3.05) is 13.1 Å². The van der Waals surface area contributed by atoms with Crippen LogP contribution in [0.25, 0.3) is 0 Å². The van der Waals surface area contributed by atoms with Crippen LogP contribution < -0.4 is 5.32 Å². The summed E-state index contributed by atoms with van der Waals surface area (Å²) in [6, 6.07) is 0. The van der Waals surface area contributed by atoms with Crippen LogP contribution in [0.15, 0.2) is 0 Å². The minimum Gasteiger partial charge on any atom is -0.317 e. The molecule has 2 aliphatic rings. The lowest BCUT2D eigenvalue weighted by Gasteiger charge is -2.20. The Balaban J connectivity index is 1.82. The van der Waals surface area contributed by atoms with Gasteiger partial charge < -0.3 is 5.32 Å². The van der Waals surface area contributed by atoms with Gasteiger partial charge in [0.05, 0.1) is 10.7 Å². The number of nitrogens with zero attached hydrogens (tertiary/aromatic N) is 1. The Morgan fingerprint density at radius 2 is 2.07 bits per heavy atom. The van der Waals surface area contributed by atoms with Gasteiger partial charge in [0.2, 0.25) is 0 Å². The summed E-state index contributed by atoms with van der Waals surface area (Å²) in [7, 11) is 0. The first-order valence-corrected chi connectivity index (χ1v) is 6.44. The second kappa shape index (κ2) is 3.63. The van der Waals surface area contributed by atoms with Crippen molar-refractivity contribution in [1.29, 1.82) is 0 Å². The third-order valence-corrected chi connectivity index (χ3v) is 4.62. The van der Waals surface area contributed by atoms with Crippen LogP contribution in [0, 0.1) is 0 Å². The molecule has 3 rings (SSSR count). The maximum Gasteiger partial charge on any atom is 0.0962 e. The van der Waals surface area contributed by atoms with Gasteiger partial charge in [0.25, 0.3) is 0 Å². The summed E-state index contributed by atoms with van der Waals surface area (Å²) in [5.74, 6) is 0.756. The van der Waals surface area contributed by atoms with E-state index >= 15 is 0 Å². The van der Waals surface area contributed by atoms with Crippen molar-refractivity contribution >= 4 is 11.3 Å². The second-order valence-electron chi connectivity index (χ2n) is 4.30. The van der Waals surface area contributed by atoms with E-state index in [-0.39, 0.29) is 0 Å². The molecular weight excluding hydrogens is 192 g/mol. The van der Waals surface area contributed by atoms with Gasteiger partial charge in [-0.3, -0.25) is 0 Å². The largest absolute Gasteiger partial charge is 0.317 e. The van der Waals surface area contributed by atoms with Gasteiger partial charge in [-0.05, 0) is 45.2 Å². The number of thiazole rings is 1. The lowest BCUT2D eigenvalue weighted by atomic mass is 9.99. The first kappa shape index (κ1) is 8.86. The van der Waals surface area contributed by atoms with E-state index in [9.17, 15) is 0 Å². The third-order valence-electron chi connectivity index (χ3n) is 3.30. The molecule has 76 valence electrons. The lowest BCUT2D eigenvalue weighted by molar-refractivity contribution is 0.458. The van der Waals surface area contributed by atoms with Crippen LogP contribution in [0.5, 0.6) is 0 Å². The first-order valence-electron chi connectivity index (χ1n) is 5.62. The summed E-state index contributed by atoms with van der Waals surface area (Å²) in [5, 5.41) is 4.84. The normalized spacial score (nSPS) is 22.6. The summed E-state index contributed by atoms with van der Waals surface area (Å²) >= 11 is 1.99. The van der Waals surface area contributed by atoms with Gasteiger partial charge in [-0.25, -0.2) is 4.98 Å². The molecule has 0 saturated carbocycles. The maximum absolute atomic E-state index is 4.81. The highest BCUT2D eigenvalue weighted by Crippen LogP contribution is 2.34. The van der Waals surface area contributed by atoms with E-state index in [0.29, 0.717) is 0 Å². The van der Waals surface area contributed by atoms with Crippen LogP contribution in [0.4, 0.5) is 0 Å². The van der Waals surface area contributed by atoms with Gasteiger partial charge in [-0.15, -0.1) is 11.3 Å². The van der Waals surface area contributed by atoms with Crippen LogP contribution in [0.2, 0.25) is 0 Å². The molecule has 2 nitrogen and oxygen atoms in total. The number of fused-ring (bicyclic) bond motifs is 1. The van der Waals surface area contributed by atoms with Crippen LogP contribution >= 0.6 is 11.3 Å². The molecule has 1 aromatic heterocycles. The fourth-order valence-electron chi connectivity index (χ4n) is 2.45. The Kier molecular flexibility index (Phi) is 2.30. The third kappa shape index (κ3) is 1.48. The van der Waals surface area contributed by atoms with Gasteiger partial charge in [-0.1, -0.05) is 0 Å². The van der Waals surface area contributed by atoms with Gasteiger partial charge in [0.1, 0.15) is 0 Å². The molecule has 2 heterocycles. The van der Waals surface area contributed by atoms with Crippen LogP contribution in [-0.4, -0.2) is 18.1 Å². The van der Waals surface area contributed by atoms with Crippen molar-refractivity contribution in [2.45, 2.75) is 38.0 Å². The fourth-order valence-corrected chi connectivity index (χ4v) is 3.78. The highest BCUT2D eigenvalue weighted by atomic mass is 32.1. The standard InChI is InChI=1S/C11H16N2S/c1-2-9-10(3-1)14-11(13-9)8-4-6-12-7-5-8/h8,12H,1-7H2. The number of aromatic nitrogens is 1. The summed E-state index contributed by atoms with van der Waals surface area (Å²) in [6.45, 7) is 2.35. The molecule has 1 N–H and O–H groups in total. The fraction of sp³-hybridized carbons (Fsp3) is 0.727. The first-order chi connectivity index (χ1) is 6.93. The smallest absolute Gasteiger partial charge is 0.0962 e. The van der Waals surface area contributed by atoms with Crippen LogP contribution in [0.3, 0.4) is 0 Å². The number of hydrogen-bond acceptors (Lipinski definition) is 3. The molecule has 1 fully saturated rings. The average Bonchev–Trinajstić information content (AvgIpc) is 2.78. The van der Waals surface area contributed by atoms with Crippen LogP contribution in [0.1, 0.15) is 40.8 Å². The van der Waals surface area contributed by atoms with Gasteiger partial charge in [-0.2, -0.15) is 0 Å². The molecule has 1 aliphatic carbocycles. The number of aryl methyl sites for hydroxylation is 2. The quantitative estimate of drug-likeness (QED) is 0.764. The molecule has 0 unspecified atom stereocenters. The number of nitrogens with one attached hydrogen (secondary N) is 1. The minimum atomic E-state index is 0.756. The molecule has 0 atom stereocenters. The molecule has 0 radical (unpaired) electrons. The molecule has 0 amide bonds. The predicted molar refractivity (Wildman–Crippen MR) is 59.0 cm³/mol. The number of piperidine rings is 1. The zero-order chi connectivity index (χ0) is 9.38. The minimum absolute atomic E-state index is 0.756. The number of rotatable bonds is 1. The van der Waals surface area contributed by atoms with E-state index in [1.807, 2.05) is 11.3 Å². The Bertz CT molecular complexity index is 305. The maximum atomic E-state index is 4.81. The Hall–Kier alpha value is -0.410. The summed E-state index contributed by atoms with van der Waals surface area (Å²) in [6.07, 6.45) is 6.42. The van der Waals surface area contributed by atoms with E-state index in [0.717, 1.165) is 5.92 Å². The van der Waals surface area contributed by atoms with E-state index in [4.69, 9.17) is 4.98 Å². The van der Waals surface area contributed by atoms with Crippen molar-refractivity contribution < 1.29 is 0 Å². The Morgan fingerprint density at radius 3 is 2.86 bits per heavy atom. The van der Waals surface area contributed by atoms with E-state index in [1.54, 1.807) is 4.88 Å². The van der Waals surface area contributed by atoms with Crippen molar-refractivity contribution in [2.24, 2.45) is 0 Å². The number of hydrogen-bond donors (Lipinski definition) is 1. The van der Waals surface area contributed by atoms with Crippen molar-refractivity contribution in [1.82, 2.24) is 10.3 Å². The Morgan fingerprint density at radius 1 is 1.21 bits per heavy atom. The molecule has 0 bridgehead atoms. The van der Waals surface area contributed by atoms with Crippen LogP contribution in [-0.2, 0) is 12.8 Å². The molecule has 3 heteroatoms. The highest BCUT2D eigenvalue weighted by molar-refractivity contribution is 7.11. The van der Waals surface area contributed by atoms with Crippen molar-refractivity contribution in [3.63, 3.8) is 0 Å².